The van der Waals surface area contributed by atoms with Crippen LogP contribution in [0.25, 0.3) is 10.8 Å². The van der Waals surface area contributed by atoms with E-state index in [0.29, 0.717) is 15.7 Å². The van der Waals surface area contributed by atoms with Crippen LogP contribution in [-0.4, -0.2) is 16.3 Å². The molecule has 0 saturated carbocycles. The number of amides is 1. The van der Waals surface area contributed by atoms with Crippen molar-refractivity contribution in [1.82, 2.24) is 4.57 Å². The number of aromatic nitrogens is 1. The smallest absolute Gasteiger partial charge is 0.255 e. The maximum Gasteiger partial charge on any atom is 0.255 e. The molecule has 7 heteroatoms. The SMILES string of the molecule is O=C(Nc1cccc2ccccc12)C(C(=O)c1ccc(Br)cc1)n1cc(Br)ccc1=O. The second-order valence-corrected chi connectivity index (χ2v) is 8.71. The van der Waals surface area contributed by atoms with Gasteiger partial charge in [0.1, 0.15) is 0 Å². The molecular formula is C24H16Br2N2O3. The highest BCUT2D eigenvalue weighted by Crippen LogP contribution is 2.25. The van der Waals surface area contributed by atoms with Gasteiger partial charge in [-0.15, -0.1) is 0 Å². The van der Waals surface area contributed by atoms with Crippen LogP contribution in [0, 0.1) is 0 Å². The summed E-state index contributed by atoms with van der Waals surface area (Å²) in [7, 11) is 0. The van der Waals surface area contributed by atoms with E-state index in [9.17, 15) is 14.4 Å². The standard InChI is InChI=1S/C24H16Br2N2O3/c25-17-10-8-16(9-11-17)23(30)22(28-14-18(26)12-13-21(28)29)24(31)27-20-7-3-5-15-4-1-2-6-19(15)20/h1-14,22H,(H,27,31). The number of Topliss-reactive ketones (excluding diaryl/α,β-unsaturated/α-hetero) is 1. The summed E-state index contributed by atoms with van der Waals surface area (Å²) in [5.74, 6) is -1.07. The number of ketones is 1. The molecule has 0 aliphatic heterocycles. The molecule has 1 N–H and O–H groups in total. The Morgan fingerprint density at radius 3 is 2.26 bits per heavy atom. The van der Waals surface area contributed by atoms with E-state index in [1.54, 1.807) is 36.4 Å². The van der Waals surface area contributed by atoms with Crippen molar-refractivity contribution >= 4 is 60.0 Å². The molecule has 0 radical (unpaired) electrons. The Morgan fingerprint density at radius 2 is 1.48 bits per heavy atom. The van der Waals surface area contributed by atoms with Crippen LogP contribution in [-0.2, 0) is 4.79 Å². The molecule has 4 aromatic rings. The first-order chi connectivity index (χ1) is 14.9. The predicted molar refractivity (Wildman–Crippen MR) is 128 cm³/mol. The molecule has 0 bridgehead atoms. The van der Waals surface area contributed by atoms with E-state index >= 15 is 0 Å². The van der Waals surface area contributed by atoms with Crippen molar-refractivity contribution in [3.63, 3.8) is 0 Å². The Morgan fingerprint density at radius 1 is 0.806 bits per heavy atom. The molecule has 4 rings (SSSR count). The number of fused-ring (bicyclic) bond motifs is 1. The summed E-state index contributed by atoms with van der Waals surface area (Å²) >= 11 is 6.66. The largest absolute Gasteiger partial charge is 0.323 e. The highest BCUT2D eigenvalue weighted by Gasteiger charge is 2.30. The molecule has 1 atom stereocenters. The van der Waals surface area contributed by atoms with Crippen LogP contribution >= 0.6 is 31.9 Å². The quantitative estimate of drug-likeness (QED) is 0.265. The molecule has 5 nitrogen and oxygen atoms in total. The van der Waals surface area contributed by atoms with Gasteiger partial charge in [0.15, 0.2) is 11.8 Å². The molecule has 0 fully saturated rings. The van der Waals surface area contributed by atoms with Gasteiger partial charge in [0.25, 0.3) is 11.5 Å². The molecule has 31 heavy (non-hydrogen) atoms. The van der Waals surface area contributed by atoms with Crippen LogP contribution in [0.5, 0.6) is 0 Å². The van der Waals surface area contributed by atoms with Crippen molar-refractivity contribution in [2.45, 2.75) is 6.04 Å². The second kappa shape index (κ2) is 8.99. The van der Waals surface area contributed by atoms with Crippen LogP contribution in [0.1, 0.15) is 16.4 Å². The number of carbonyl (C=O) groups excluding carboxylic acids is 2. The molecule has 1 heterocycles. The molecule has 3 aromatic carbocycles. The molecule has 0 aliphatic carbocycles. The number of anilines is 1. The molecule has 1 amide bonds. The maximum absolute atomic E-state index is 13.4. The minimum atomic E-state index is -1.37. The summed E-state index contributed by atoms with van der Waals surface area (Å²) in [6.07, 6.45) is 1.45. The molecule has 0 aliphatic rings. The zero-order valence-electron chi connectivity index (χ0n) is 16.1. The maximum atomic E-state index is 13.4. The molecule has 154 valence electrons. The first kappa shape index (κ1) is 21.2. The van der Waals surface area contributed by atoms with Crippen molar-refractivity contribution in [2.75, 3.05) is 5.32 Å². The van der Waals surface area contributed by atoms with Gasteiger partial charge in [-0.1, -0.05) is 64.5 Å². The fraction of sp³-hybridized carbons (Fsp3) is 0.0417. The lowest BCUT2D eigenvalue weighted by molar-refractivity contribution is -0.118. The first-order valence-electron chi connectivity index (χ1n) is 9.40. The van der Waals surface area contributed by atoms with Crippen LogP contribution in [0.15, 0.2) is 98.8 Å². The lowest BCUT2D eigenvalue weighted by Gasteiger charge is -2.19. The minimum absolute atomic E-state index is 0.327. The third kappa shape index (κ3) is 4.52. The summed E-state index contributed by atoms with van der Waals surface area (Å²) in [6.45, 7) is 0. The van der Waals surface area contributed by atoms with E-state index in [4.69, 9.17) is 0 Å². The number of halogens is 2. The Labute approximate surface area is 195 Å². The number of nitrogens with zero attached hydrogens (tertiary/aromatic N) is 1. The van der Waals surface area contributed by atoms with Gasteiger partial charge in [0.05, 0.1) is 0 Å². The van der Waals surface area contributed by atoms with E-state index in [2.05, 4.69) is 37.2 Å². The summed E-state index contributed by atoms with van der Waals surface area (Å²) in [6, 6.07) is 21.3. The summed E-state index contributed by atoms with van der Waals surface area (Å²) in [4.78, 5) is 39.3. The number of nitrogens with one attached hydrogen (secondary N) is 1. The Bertz CT molecular complexity index is 1340. The number of rotatable bonds is 5. The summed E-state index contributed by atoms with van der Waals surface area (Å²) in [5.41, 5.74) is 0.444. The Hall–Kier alpha value is -3.03. The van der Waals surface area contributed by atoms with E-state index in [0.717, 1.165) is 19.8 Å². The molecule has 0 spiro atoms. The molecule has 1 aromatic heterocycles. The number of pyridine rings is 1. The average molecular weight is 540 g/mol. The van der Waals surface area contributed by atoms with E-state index in [1.807, 2.05) is 36.4 Å². The topological polar surface area (TPSA) is 68.2 Å². The number of benzene rings is 3. The highest BCUT2D eigenvalue weighted by molar-refractivity contribution is 9.10. The highest BCUT2D eigenvalue weighted by atomic mass is 79.9. The molecular weight excluding hydrogens is 524 g/mol. The van der Waals surface area contributed by atoms with Gasteiger partial charge in [-0.2, -0.15) is 0 Å². The second-order valence-electron chi connectivity index (χ2n) is 6.88. The van der Waals surface area contributed by atoms with Gasteiger partial charge < -0.3 is 5.32 Å². The van der Waals surface area contributed by atoms with E-state index in [1.165, 1.54) is 12.3 Å². The lowest BCUT2D eigenvalue weighted by Crippen LogP contribution is -2.38. The number of carbonyl (C=O) groups is 2. The molecule has 1 unspecified atom stereocenters. The summed E-state index contributed by atoms with van der Waals surface area (Å²) < 4.78 is 2.54. The van der Waals surface area contributed by atoms with Crippen molar-refractivity contribution in [2.24, 2.45) is 0 Å². The van der Waals surface area contributed by atoms with Gasteiger partial charge in [0.2, 0.25) is 0 Å². The van der Waals surface area contributed by atoms with Crippen LogP contribution in [0.4, 0.5) is 5.69 Å². The minimum Gasteiger partial charge on any atom is -0.323 e. The van der Waals surface area contributed by atoms with E-state index in [-0.39, 0.29) is 0 Å². The zero-order valence-corrected chi connectivity index (χ0v) is 19.3. The number of hydrogen-bond donors (Lipinski definition) is 1. The van der Waals surface area contributed by atoms with Gasteiger partial charge >= 0.3 is 0 Å². The third-order valence-corrected chi connectivity index (χ3v) is 5.85. The Kier molecular flexibility index (Phi) is 6.15. The van der Waals surface area contributed by atoms with Crippen molar-refractivity contribution < 1.29 is 9.59 Å². The van der Waals surface area contributed by atoms with Gasteiger partial charge in [-0.3, -0.25) is 19.0 Å². The van der Waals surface area contributed by atoms with Crippen LogP contribution < -0.4 is 10.9 Å². The van der Waals surface area contributed by atoms with Crippen LogP contribution in [0.3, 0.4) is 0 Å². The number of hydrogen-bond acceptors (Lipinski definition) is 3. The van der Waals surface area contributed by atoms with Crippen LogP contribution in [0.2, 0.25) is 0 Å². The molecule has 0 saturated heterocycles. The van der Waals surface area contributed by atoms with Crippen molar-refractivity contribution in [3.8, 4) is 0 Å². The van der Waals surface area contributed by atoms with Crippen molar-refractivity contribution in [1.29, 1.82) is 0 Å². The monoisotopic (exact) mass is 538 g/mol. The van der Waals surface area contributed by atoms with Gasteiger partial charge in [0, 0.05) is 37.8 Å². The normalized spacial score (nSPS) is 11.8. The lowest BCUT2D eigenvalue weighted by atomic mass is 10.0. The average Bonchev–Trinajstić information content (AvgIpc) is 2.77. The first-order valence-corrected chi connectivity index (χ1v) is 11.0. The predicted octanol–water partition coefficient (Wildman–Crippen LogP) is 5.59. The zero-order chi connectivity index (χ0) is 22.0. The van der Waals surface area contributed by atoms with Crippen molar-refractivity contribution in [3.05, 3.63) is 110 Å². The van der Waals surface area contributed by atoms with Gasteiger partial charge in [-0.25, -0.2) is 0 Å². The fourth-order valence-electron chi connectivity index (χ4n) is 3.36. The summed E-state index contributed by atoms with van der Waals surface area (Å²) in [5, 5.41) is 4.64. The third-order valence-electron chi connectivity index (χ3n) is 4.85. The van der Waals surface area contributed by atoms with E-state index < -0.39 is 23.3 Å². The Balaban J connectivity index is 1.79. The van der Waals surface area contributed by atoms with Gasteiger partial charge in [-0.05, 0) is 45.6 Å². The fourth-order valence-corrected chi connectivity index (χ4v) is 3.97.